The number of hydrogen-bond donors (Lipinski definition) is 0. The van der Waals surface area contributed by atoms with E-state index in [2.05, 4.69) is 0 Å². The zero-order chi connectivity index (χ0) is 18.2. The first-order valence-corrected chi connectivity index (χ1v) is 9.41. The number of fused-ring (bicyclic) bond motifs is 1. The molecule has 0 spiro atoms. The molecule has 25 heavy (non-hydrogen) atoms. The van der Waals surface area contributed by atoms with E-state index >= 15 is 0 Å². The zero-order valence-corrected chi connectivity index (χ0v) is 15.4. The number of para-hydroxylation sites is 1. The molecular formula is C18H17ClN2O3S. The van der Waals surface area contributed by atoms with Gasteiger partial charge < -0.3 is 4.90 Å². The Morgan fingerprint density at radius 3 is 2.36 bits per heavy atom. The molecule has 1 heterocycles. The summed E-state index contributed by atoms with van der Waals surface area (Å²) in [6.45, 7) is -0.0149. The topological polar surface area (TPSA) is 57.7 Å². The molecule has 1 aliphatic rings. The SMILES string of the molecule is CN(C)/C=C1/CN(S(=O)(=O)c2ccc(Cl)cc2)c2ccccc2C1=O. The van der Waals surface area contributed by atoms with Crippen LogP contribution in [0.5, 0.6) is 0 Å². The third-order valence-corrected chi connectivity index (χ3v) is 5.86. The number of sulfonamides is 1. The van der Waals surface area contributed by atoms with Crippen molar-refractivity contribution < 1.29 is 13.2 Å². The quantitative estimate of drug-likeness (QED) is 0.772. The molecule has 2 aromatic rings. The second kappa shape index (κ2) is 6.54. The van der Waals surface area contributed by atoms with Crippen molar-refractivity contribution in [1.29, 1.82) is 0 Å². The molecule has 0 unspecified atom stereocenters. The first kappa shape index (κ1) is 17.5. The monoisotopic (exact) mass is 376 g/mol. The number of carbonyl (C=O) groups is 1. The molecule has 0 saturated carbocycles. The van der Waals surface area contributed by atoms with Crippen LogP contribution < -0.4 is 4.31 Å². The van der Waals surface area contributed by atoms with E-state index in [1.165, 1.54) is 28.6 Å². The highest BCUT2D eigenvalue weighted by Gasteiger charge is 2.34. The number of carbonyl (C=O) groups excluding carboxylic acids is 1. The Kier molecular flexibility index (Phi) is 4.58. The second-order valence-electron chi connectivity index (χ2n) is 5.93. The van der Waals surface area contributed by atoms with Gasteiger partial charge in [0.2, 0.25) is 0 Å². The summed E-state index contributed by atoms with van der Waals surface area (Å²) in [6.07, 6.45) is 1.66. The number of anilines is 1. The Labute approximate surface area is 152 Å². The van der Waals surface area contributed by atoms with Gasteiger partial charge in [-0.25, -0.2) is 8.42 Å². The van der Waals surface area contributed by atoms with Crippen LogP contribution in [-0.4, -0.2) is 39.7 Å². The van der Waals surface area contributed by atoms with Gasteiger partial charge in [-0.2, -0.15) is 0 Å². The van der Waals surface area contributed by atoms with E-state index in [4.69, 9.17) is 11.6 Å². The van der Waals surface area contributed by atoms with Gasteiger partial charge in [-0.15, -0.1) is 0 Å². The van der Waals surface area contributed by atoms with Gasteiger partial charge in [-0.3, -0.25) is 9.10 Å². The van der Waals surface area contributed by atoms with E-state index in [-0.39, 0.29) is 17.2 Å². The Morgan fingerprint density at radius 2 is 1.72 bits per heavy atom. The van der Waals surface area contributed by atoms with Crippen molar-refractivity contribution in [3.63, 3.8) is 0 Å². The van der Waals surface area contributed by atoms with E-state index < -0.39 is 10.0 Å². The Bertz CT molecular complexity index is 951. The molecule has 0 saturated heterocycles. The summed E-state index contributed by atoms with van der Waals surface area (Å²) in [4.78, 5) is 14.5. The van der Waals surface area contributed by atoms with Crippen molar-refractivity contribution in [2.45, 2.75) is 4.90 Å². The van der Waals surface area contributed by atoms with E-state index in [0.29, 0.717) is 21.8 Å². The predicted molar refractivity (Wildman–Crippen MR) is 98.5 cm³/mol. The highest BCUT2D eigenvalue weighted by Crippen LogP contribution is 2.34. The second-order valence-corrected chi connectivity index (χ2v) is 8.23. The third kappa shape index (κ3) is 3.27. The highest BCUT2D eigenvalue weighted by molar-refractivity contribution is 7.92. The highest BCUT2D eigenvalue weighted by atomic mass is 35.5. The summed E-state index contributed by atoms with van der Waals surface area (Å²) in [6, 6.07) is 12.7. The van der Waals surface area contributed by atoms with Crippen molar-refractivity contribution in [2.75, 3.05) is 24.9 Å². The smallest absolute Gasteiger partial charge is 0.264 e. The fraction of sp³-hybridized carbons (Fsp3) is 0.167. The maximum Gasteiger partial charge on any atom is 0.264 e. The normalized spacial score (nSPS) is 16.0. The number of ketones is 1. The Balaban J connectivity index is 2.16. The van der Waals surface area contributed by atoms with Gasteiger partial charge in [-0.05, 0) is 36.4 Å². The average molecular weight is 377 g/mol. The maximum atomic E-state index is 13.1. The molecule has 130 valence electrons. The maximum absolute atomic E-state index is 13.1. The molecule has 5 nitrogen and oxygen atoms in total. The largest absolute Gasteiger partial charge is 0.383 e. The summed E-state index contributed by atoms with van der Waals surface area (Å²) in [5.74, 6) is -0.160. The molecule has 0 N–H and O–H groups in total. The van der Waals surface area contributed by atoms with E-state index in [1.54, 1.807) is 49.5 Å². The lowest BCUT2D eigenvalue weighted by Gasteiger charge is -2.31. The first-order valence-electron chi connectivity index (χ1n) is 7.60. The van der Waals surface area contributed by atoms with Gasteiger partial charge in [0.15, 0.2) is 5.78 Å². The van der Waals surface area contributed by atoms with Crippen LogP contribution in [0.3, 0.4) is 0 Å². The molecule has 0 radical (unpaired) electrons. The fourth-order valence-corrected chi connectivity index (χ4v) is 4.31. The molecule has 0 aromatic heterocycles. The molecule has 7 heteroatoms. The molecule has 0 aliphatic carbocycles. The van der Waals surface area contributed by atoms with Crippen LogP contribution in [0.25, 0.3) is 0 Å². The Morgan fingerprint density at radius 1 is 1.08 bits per heavy atom. The number of benzene rings is 2. The Hall–Kier alpha value is -2.31. The number of nitrogens with zero attached hydrogens (tertiary/aromatic N) is 2. The van der Waals surface area contributed by atoms with Gasteiger partial charge in [0.05, 0.1) is 17.1 Å². The minimum absolute atomic E-state index is 0.0149. The van der Waals surface area contributed by atoms with Gasteiger partial charge in [-0.1, -0.05) is 23.7 Å². The summed E-state index contributed by atoms with van der Waals surface area (Å²) >= 11 is 5.86. The molecular weight excluding hydrogens is 360 g/mol. The van der Waals surface area contributed by atoms with Crippen LogP contribution >= 0.6 is 11.6 Å². The lowest BCUT2D eigenvalue weighted by molar-refractivity contribution is 0.102. The van der Waals surface area contributed by atoms with Gasteiger partial charge in [0.25, 0.3) is 10.0 Å². The molecule has 0 fully saturated rings. The van der Waals surface area contributed by atoms with Crippen LogP contribution in [0, 0.1) is 0 Å². The third-order valence-electron chi connectivity index (χ3n) is 3.84. The summed E-state index contributed by atoms with van der Waals surface area (Å²) < 4.78 is 27.5. The van der Waals surface area contributed by atoms with Crippen molar-refractivity contribution >= 4 is 33.1 Å². The lowest BCUT2D eigenvalue weighted by Crippen LogP contribution is -2.39. The standard InChI is InChI=1S/C18H17ClN2O3S/c1-20(2)11-13-12-21(17-6-4-3-5-16(17)18(13)22)25(23,24)15-9-7-14(19)8-10-15/h3-11H,12H2,1-2H3/b13-11-. The number of Topliss-reactive ketones (excluding diaryl/α,β-unsaturated/α-hetero) is 1. The van der Waals surface area contributed by atoms with Crippen molar-refractivity contribution in [1.82, 2.24) is 4.90 Å². The fourth-order valence-electron chi connectivity index (χ4n) is 2.73. The van der Waals surface area contributed by atoms with Gasteiger partial charge in [0.1, 0.15) is 0 Å². The molecule has 3 rings (SSSR count). The minimum Gasteiger partial charge on any atom is -0.383 e. The lowest BCUT2D eigenvalue weighted by atomic mass is 9.98. The molecule has 0 bridgehead atoms. The first-order chi connectivity index (χ1) is 11.8. The summed E-state index contributed by atoms with van der Waals surface area (Å²) in [5.41, 5.74) is 1.18. The van der Waals surface area contributed by atoms with Gasteiger partial charge >= 0.3 is 0 Å². The summed E-state index contributed by atoms with van der Waals surface area (Å²) in [5, 5.41) is 0.460. The van der Waals surface area contributed by atoms with E-state index in [9.17, 15) is 13.2 Å². The van der Waals surface area contributed by atoms with Crippen molar-refractivity contribution in [3.8, 4) is 0 Å². The molecule has 1 aliphatic heterocycles. The summed E-state index contributed by atoms with van der Waals surface area (Å²) in [7, 11) is -0.240. The minimum atomic E-state index is -3.82. The van der Waals surface area contributed by atoms with E-state index in [0.717, 1.165) is 0 Å². The van der Waals surface area contributed by atoms with Crippen molar-refractivity contribution in [2.24, 2.45) is 0 Å². The predicted octanol–water partition coefficient (Wildman–Crippen LogP) is 3.18. The van der Waals surface area contributed by atoms with Crippen LogP contribution in [-0.2, 0) is 10.0 Å². The van der Waals surface area contributed by atoms with Gasteiger partial charge in [0, 0.05) is 36.5 Å². The number of halogens is 1. The van der Waals surface area contributed by atoms with Crippen LogP contribution in [0.1, 0.15) is 10.4 Å². The van der Waals surface area contributed by atoms with Crippen molar-refractivity contribution in [3.05, 3.63) is 70.9 Å². The average Bonchev–Trinajstić information content (AvgIpc) is 2.57. The molecule has 0 amide bonds. The number of hydrogen-bond acceptors (Lipinski definition) is 4. The number of rotatable bonds is 3. The van der Waals surface area contributed by atoms with Crippen LogP contribution in [0.15, 0.2) is 65.2 Å². The van der Waals surface area contributed by atoms with Crippen LogP contribution in [0.2, 0.25) is 5.02 Å². The van der Waals surface area contributed by atoms with Crippen LogP contribution in [0.4, 0.5) is 5.69 Å². The molecule has 2 aromatic carbocycles. The molecule has 0 atom stereocenters. The van der Waals surface area contributed by atoms with E-state index in [1.807, 2.05) is 0 Å². The zero-order valence-electron chi connectivity index (χ0n) is 13.8.